The van der Waals surface area contributed by atoms with Gasteiger partial charge in [0.05, 0.1) is 25.1 Å². The van der Waals surface area contributed by atoms with Gasteiger partial charge in [-0.05, 0) is 13.8 Å². The molecule has 0 fully saturated rings. The summed E-state index contributed by atoms with van der Waals surface area (Å²) in [4.78, 5) is 11.6. The lowest BCUT2D eigenvalue weighted by molar-refractivity contribution is 0.966. The Morgan fingerprint density at radius 1 is 1.60 bits per heavy atom. The second-order valence-corrected chi connectivity index (χ2v) is 4.88. The molecule has 6 nitrogen and oxygen atoms in total. The van der Waals surface area contributed by atoms with Gasteiger partial charge in [0.15, 0.2) is 6.19 Å². The number of aromatic amines is 1. The molecule has 0 atom stereocenters. The normalized spacial score (nSPS) is 10.3. The van der Waals surface area contributed by atoms with Gasteiger partial charge in [-0.2, -0.15) is 17.0 Å². The molecule has 106 valence electrons. The molecule has 0 aromatic carbocycles. The smallest absolute Gasteiger partial charge is 0.205 e. The molecule has 1 aromatic rings. The number of nitrogens with zero attached hydrogens (tertiary/aromatic N) is 3. The molecule has 0 aliphatic carbocycles. The highest BCUT2D eigenvalue weighted by Crippen LogP contribution is 2.11. The fraction of sp³-hybridized carbons (Fsp3) is 0.462. The summed E-state index contributed by atoms with van der Waals surface area (Å²) in [6.45, 7) is 4.88. The first-order chi connectivity index (χ1) is 9.77. The first-order valence-electron chi connectivity index (χ1n) is 6.17. The van der Waals surface area contributed by atoms with Crippen molar-refractivity contribution in [2.24, 2.45) is 4.99 Å². The van der Waals surface area contributed by atoms with Crippen molar-refractivity contribution in [1.29, 1.82) is 5.26 Å². The summed E-state index contributed by atoms with van der Waals surface area (Å²) < 4.78 is 0. The molecule has 1 aromatic heterocycles. The fourth-order valence-electron chi connectivity index (χ4n) is 1.33. The van der Waals surface area contributed by atoms with Gasteiger partial charge in [-0.15, -0.1) is 5.92 Å². The summed E-state index contributed by atoms with van der Waals surface area (Å²) in [5.74, 6) is 7.82. The van der Waals surface area contributed by atoms with E-state index in [-0.39, 0.29) is 0 Å². The van der Waals surface area contributed by atoms with Crippen LogP contribution >= 0.6 is 11.8 Å². The van der Waals surface area contributed by atoms with E-state index in [1.807, 2.05) is 13.1 Å². The van der Waals surface area contributed by atoms with E-state index in [0.717, 1.165) is 22.9 Å². The average Bonchev–Trinajstić information content (AvgIpc) is 2.84. The summed E-state index contributed by atoms with van der Waals surface area (Å²) in [6.07, 6.45) is 3.56. The van der Waals surface area contributed by atoms with E-state index in [9.17, 15) is 0 Å². The molecule has 3 N–H and O–H groups in total. The topological polar surface area (TPSA) is 88.9 Å². The van der Waals surface area contributed by atoms with Gasteiger partial charge >= 0.3 is 0 Å². The molecule has 1 rings (SSSR count). The molecular formula is C13H18N6S. The quantitative estimate of drug-likeness (QED) is 0.182. The lowest BCUT2D eigenvalue weighted by atomic mass is 10.4. The lowest BCUT2D eigenvalue weighted by Crippen LogP contribution is -2.35. The Morgan fingerprint density at radius 3 is 3.10 bits per heavy atom. The highest BCUT2D eigenvalue weighted by atomic mass is 32.2. The van der Waals surface area contributed by atoms with Crippen LogP contribution in [0.1, 0.15) is 18.3 Å². The second kappa shape index (κ2) is 9.76. The van der Waals surface area contributed by atoms with Crippen LogP contribution in [0.15, 0.2) is 11.3 Å². The van der Waals surface area contributed by atoms with Crippen LogP contribution in [0.2, 0.25) is 0 Å². The lowest BCUT2D eigenvalue weighted by Gasteiger charge is -2.04. The zero-order valence-electron chi connectivity index (χ0n) is 11.7. The van der Waals surface area contributed by atoms with Crippen molar-refractivity contribution < 1.29 is 0 Å². The predicted octanol–water partition coefficient (Wildman–Crippen LogP) is 0.991. The number of aliphatic imine (C=N–C) groups is 1. The number of rotatable bonds is 6. The molecule has 7 heteroatoms. The van der Waals surface area contributed by atoms with Gasteiger partial charge in [-0.3, -0.25) is 10.3 Å². The van der Waals surface area contributed by atoms with Crippen molar-refractivity contribution in [3.05, 3.63) is 17.7 Å². The minimum absolute atomic E-state index is 0.465. The monoisotopic (exact) mass is 290 g/mol. The zero-order chi connectivity index (χ0) is 14.6. The van der Waals surface area contributed by atoms with E-state index < -0.39 is 0 Å². The molecule has 1 heterocycles. The van der Waals surface area contributed by atoms with E-state index in [0.29, 0.717) is 19.0 Å². The number of aromatic nitrogens is 2. The SMILES string of the molecule is CC#CCNC(=NCCSCc1nc[nH]c1C)NC#N. The first-order valence-corrected chi connectivity index (χ1v) is 7.33. The second-order valence-electron chi connectivity index (χ2n) is 3.77. The summed E-state index contributed by atoms with van der Waals surface area (Å²) >= 11 is 1.76. The van der Waals surface area contributed by atoms with Gasteiger partial charge in [-0.25, -0.2) is 4.98 Å². The van der Waals surface area contributed by atoms with Crippen LogP contribution in [-0.2, 0) is 5.75 Å². The summed E-state index contributed by atoms with van der Waals surface area (Å²) in [5, 5.41) is 14.1. The number of guanidine groups is 1. The van der Waals surface area contributed by atoms with Gasteiger partial charge < -0.3 is 10.3 Å². The number of hydrogen-bond acceptors (Lipinski definition) is 4. The first kappa shape index (κ1) is 15.9. The largest absolute Gasteiger partial charge is 0.348 e. The summed E-state index contributed by atoms with van der Waals surface area (Å²) in [7, 11) is 0. The zero-order valence-corrected chi connectivity index (χ0v) is 12.5. The van der Waals surface area contributed by atoms with Crippen LogP contribution in [0.25, 0.3) is 0 Å². The molecule has 0 saturated carbocycles. The summed E-state index contributed by atoms with van der Waals surface area (Å²) in [6, 6.07) is 0. The maximum atomic E-state index is 8.62. The maximum absolute atomic E-state index is 8.62. The third kappa shape index (κ3) is 6.17. The molecule has 20 heavy (non-hydrogen) atoms. The maximum Gasteiger partial charge on any atom is 0.205 e. The van der Waals surface area contributed by atoms with Gasteiger partial charge in [0, 0.05) is 17.2 Å². The molecule has 0 radical (unpaired) electrons. The summed E-state index contributed by atoms with van der Waals surface area (Å²) in [5.41, 5.74) is 2.18. The van der Waals surface area contributed by atoms with E-state index in [1.165, 1.54) is 0 Å². The molecule has 0 unspecified atom stereocenters. The van der Waals surface area contributed by atoms with Crippen molar-refractivity contribution >= 4 is 17.7 Å². The number of hydrogen-bond donors (Lipinski definition) is 3. The van der Waals surface area contributed by atoms with Gasteiger partial charge in [-0.1, -0.05) is 5.92 Å². The standard InChI is InChI=1S/C13H18N6S/c1-3-4-5-15-13(17-9-14)16-6-7-20-8-12-11(2)18-10-19-12/h10H,5-8H2,1-2H3,(H,18,19)(H2,15,16,17). The van der Waals surface area contributed by atoms with Crippen molar-refractivity contribution in [3.8, 4) is 18.0 Å². The van der Waals surface area contributed by atoms with Crippen LogP contribution in [0.5, 0.6) is 0 Å². The van der Waals surface area contributed by atoms with Crippen LogP contribution in [0.4, 0.5) is 0 Å². The van der Waals surface area contributed by atoms with Gasteiger partial charge in [0.25, 0.3) is 0 Å². The Hall–Kier alpha value is -2.12. The van der Waals surface area contributed by atoms with Crippen molar-refractivity contribution in [1.82, 2.24) is 20.6 Å². The van der Waals surface area contributed by atoms with E-state index in [2.05, 4.69) is 37.4 Å². The Kier molecular flexibility index (Phi) is 7.78. The van der Waals surface area contributed by atoms with E-state index in [4.69, 9.17) is 5.26 Å². The van der Waals surface area contributed by atoms with E-state index >= 15 is 0 Å². The number of nitriles is 1. The fourth-order valence-corrected chi connectivity index (χ4v) is 2.18. The highest BCUT2D eigenvalue weighted by Gasteiger charge is 2.00. The molecule has 0 bridgehead atoms. The number of H-pyrrole nitrogens is 1. The Balaban J connectivity index is 2.27. The molecular weight excluding hydrogens is 272 g/mol. The van der Waals surface area contributed by atoms with Crippen LogP contribution in [0.3, 0.4) is 0 Å². The minimum Gasteiger partial charge on any atom is -0.348 e. The van der Waals surface area contributed by atoms with Crippen LogP contribution < -0.4 is 10.6 Å². The van der Waals surface area contributed by atoms with Crippen molar-refractivity contribution in [2.75, 3.05) is 18.8 Å². The number of aryl methyl sites for hydroxylation is 1. The van der Waals surface area contributed by atoms with Gasteiger partial charge in [0.1, 0.15) is 0 Å². The molecule has 0 spiro atoms. The number of thioether (sulfide) groups is 1. The number of imidazole rings is 1. The highest BCUT2D eigenvalue weighted by molar-refractivity contribution is 7.98. The predicted molar refractivity (Wildman–Crippen MR) is 82.0 cm³/mol. The molecule has 0 saturated heterocycles. The van der Waals surface area contributed by atoms with Gasteiger partial charge in [0.2, 0.25) is 5.96 Å². The van der Waals surface area contributed by atoms with Crippen molar-refractivity contribution in [3.63, 3.8) is 0 Å². The average molecular weight is 290 g/mol. The Morgan fingerprint density at radius 2 is 2.45 bits per heavy atom. The van der Waals surface area contributed by atoms with Crippen molar-refractivity contribution in [2.45, 2.75) is 19.6 Å². The van der Waals surface area contributed by atoms with E-state index in [1.54, 1.807) is 25.0 Å². The molecule has 0 amide bonds. The van der Waals surface area contributed by atoms with Crippen LogP contribution in [0, 0.1) is 30.2 Å². The number of nitrogens with one attached hydrogen (secondary N) is 3. The Bertz CT molecular complexity index is 531. The minimum atomic E-state index is 0.465. The molecule has 0 aliphatic heterocycles. The molecule has 0 aliphatic rings. The third-order valence-electron chi connectivity index (χ3n) is 2.37. The Labute approximate surface area is 123 Å². The third-order valence-corrected chi connectivity index (χ3v) is 3.32. The van der Waals surface area contributed by atoms with Crippen LogP contribution in [-0.4, -0.2) is 34.8 Å².